The Hall–Kier alpha value is -0.180. The first-order valence-electron chi connectivity index (χ1n) is 2.46. The molecule has 0 aromatic heterocycles. The molecule has 1 atom stereocenters. The first-order chi connectivity index (χ1) is 3.72. The lowest BCUT2D eigenvalue weighted by atomic mass is 10.3. The summed E-state index contributed by atoms with van der Waals surface area (Å²) in [5.41, 5.74) is 0. The molecular formula is C5H9O2S-. The van der Waals surface area contributed by atoms with Gasteiger partial charge in [0.1, 0.15) is 0 Å². The van der Waals surface area contributed by atoms with Crippen molar-refractivity contribution >= 4 is 17.7 Å². The van der Waals surface area contributed by atoms with E-state index in [0.717, 1.165) is 0 Å². The third-order valence-electron chi connectivity index (χ3n) is 0.918. The standard InChI is InChI=1S/C5H10O2S/c1-3-4(8-2)5(6)7/h4H,3H2,1-2H3,(H,6,7)/p-1. The third kappa shape index (κ3) is 2.21. The van der Waals surface area contributed by atoms with E-state index in [4.69, 9.17) is 0 Å². The Bertz CT molecular complexity index is 78.5. The summed E-state index contributed by atoms with van der Waals surface area (Å²) in [6.45, 7) is 1.83. The molecule has 0 N–H and O–H groups in total. The zero-order chi connectivity index (χ0) is 6.57. The molecule has 0 aromatic rings. The molecule has 48 valence electrons. The van der Waals surface area contributed by atoms with Crippen LogP contribution in [-0.2, 0) is 4.79 Å². The van der Waals surface area contributed by atoms with E-state index in [1.165, 1.54) is 11.8 Å². The number of carbonyl (C=O) groups excluding carboxylic acids is 1. The van der Waals surface area contributed by atoms with Crippen LogP contribution >= 0.6 is 11.8 Å². The van der Waals surface area contributed by atoms with Gasteiger partial charge in [0, 0.05) is 5.25 Å². The minimum atomic E-state index is -0.958. The molecule has 0 radical (unpaired) electrons. The van der Waals surface area contributed by atoms with E-state index in [1.807, 2.05) is 6.92 Å². The Labute approximate surface area is 53.3 Å². The number of hydrogen-bond donors (Lipinski definition) is 0. The largest absolute Gasteiger partial charge is 0.549 e. The lowest BCUT2D eigenvalue weighted by molar-refractivity contribution is -0.304. The minimum absolute atomic E-state index is 0.324. The molecule has 0 aliphatic carbocycles. The van der Waals surface area contributed by atoms with Crippen molar-refractivity contribution in [2.45, 2.75) is 18.6 Å². The average Bonchev–Trinajstić information content (AvgIpc) is 1.69. The predicted molar refractivity (Wildman–Crippen MR) is 32.6 cm³/mol. The van der Waals surface area contributed by atoms with Crippen LogP contribution in [0, 0.1) is 0 Å². The monoisotopic (exact) mass is 133 g/mol. The Morgan fingerprint density at radius 1 is 1.88 bits per heavy atom. The van der Waals surface area contributed by atoms with Gasteiger partial charge in [-0.3, -0.25) is 0 Å². The SMILES string of the molecule is CCC(SC)C(=O)[O-]. The summed E-state index contributed by atoms with van der Waals surface area (Å²) in [5.74, 6) is -0.958. The number of carboxylic acid groups (broad SMARTS) is 1. The van der Waals surface area contributed by atoms with E-state index < -0.39 is 5.97 Å². The molecular weight excluding hydrogens is 124 g/mol. The van der Waals surface area contributed by atoms with Crippen LogP contribution in [0.2, 0.25) is 0 Å². The van der Waals surface area contributed by atoms with Crippen molar-refractivity contribution in [1.29, 1.82) is 0 Å². The van der Waals surface area contributed by atoms with Gasteiger partial charge in [0.15, 0.2) is 0 Å². The predicted octanol–water partition coefficient (Wildman–Crippen LogP) is -0.122. The zero-order valence-electron chi connectivity index (χ0n) is 5.01. The summed E-state index contributed by atoms with van der Waals surface area (Å²) in [7, 11) is 0. The fourth-order valence-electron chi connectivity index (χ4n) is 0.430. The molecule has 8 heavy (non-hydrogen) atoms. The van der Waals surface area contributed by atoms with Crippen LogP contribution in [0.1, 0.15) is 13.3 Å². The third-order valence-corrected chi connectivity index (χ3v) is 2.01. The van der Waals surface area contributed by atoms with E-state index in [9.17, 15) is 9.90 Å². The fourth-order valence-corrected chi connectivity index (χ4v) is 0.955. The molecule has 0 heterocycles. The lowest BCUT2D eigenvalue weighted by Crippen LogP contribution is -2.32. The number of carboxylic acids is 1. The van der Waals surface area contributed by atoms with Crippen LogP contribution in [0.15, 0.2) is 0 Å². The van der Waals surface area contributed by atoms with Crippen LogP contribution in [0.4, 0.5) is 0 Å². The van der Waals surface area contributed by atoms with E-state index in [-0.39, 0.29) is 5.25 Å². The number of aliphatic carboxylic acids is 1. The number of thioether (sulfide) groups is 1. The molecule has 0 amide bonds. The molecule has 0 rings (SSSR count). The summed E-state index contributed by atoms with van der Waals surface area (Å²) < 4.78 is 0. The zero-order valence-corrected chi connectivity index (χ0v) is 5.83. The summed E-state index contributed by atoms with van der Waals surface area (Å²) in [4.78, 5) is 10.0. The number of carbonyl (C=O) groups is 1. The highest BCUT2D eigenvalue weighted by Gasteiger charge is 2.01. The maximum absolute atomic E-state index is 10.0. The van der Waals surface area contributed by atoms with Crippen molar-refractivity contribution in [1.82, 2.24) is 0 Å². The summed E-state index contributed by atoms with van der Waals surface area (Å²) >= 11 is 1.32. The first-order valence-corrected chi connectivity index (χ1v) is 3.74. The van der Waals surface area contributed by atoms with Gasteiger partial charge in [-0.25, -0.2) is 0 Å². The Kier molecular flexibility index (Phi) is 3.69. The molecule has 0 fully saturated rings. The molecule has 0 bridgehead atoms. The van der Waals surface area contributed by atoms with E-state index in [0.29, 0.717) is 6.42 Å². The fraction of sp³-hybridized carbons (Fsp3) is 0.800. The normalized spacial score (nSPS) is 13.2. The molecule has 0 saturated carbocycles. The Morgan fingerprint density at radius 2 is 2.38 bits per heavy atom. The Morgan fingerprint density at radius 3 is 2.38 bits per heavy atom. The van der Waals surface area contributed by atoms with Gasteiger partial charge >= 0.3 is 0 Å². The summed E-state index contributed by atoms with van der Waals surface area (Å²) in [6, 6.07) is 0. The molecule has 0 aliphatic heterocycles. The summed E-state index contributed by atoms with van der Waals surface area (Å²) in [6.07, 6.45) is 2.41. The highest BCUT2D eigenvalue weighted by Crippen LogP contribution is 2.07. The summed E-state index contributed by atoms with van der Waals surface area (Å²) in [5, 5.41) is 9.71. The van der Waals surface area contributed by atoms with Gasteiger partial charge in [0.25, 0.3) is 0 Å². The number of hydrogen-bond acceptors (Lipinski definition) is 3. The molecule has 2 nitrogen and oxygen atoms in total. The van der Waals surface area contributed by atoms with Gasteiger partial charge in [-0.1, -0.05) is 6.92 Å². The van der Waals surface area contributed by atoms with Crippen LogP contribution in [0.25, 0.3) is 0 Å². The van der Waals surface area contributed by atoms with E-state index in [2.05, 4.69) is 0 Å². The second kappa shape index (κ2) is 3.78. The topological polar surface area (TPSA) is 40.1 Å². The average molecular weight is 133 g/mol. The number of rotatable bonds is 3. The van der Waals surface area contributed by atoms with Crippen molar-refractivity contribution in [3.05, 3.63) is 0 Å². The van der Waals surface area contributed by atoms with Gasteiger partial charge in [0.05, 0.1) is 5.97 Å². The lowest BCUT2D eigenvalue weighted by Gasteiger charge is -2.10. The van der Waals surface area contributed by atoms with Crippen molar-refractivity contribution in [2.24, 2.45) is 0 Å². The van der Waals surface area contributed by atoms with E-state index >= 15 is 0 Å². The second-order valence-corrected chi connectivity index (χ2v) is 2.49. The van der Waals surface area contributed by atoms with Gasteiger partial charge in [-0.05, 0) is 12.7 Å². The van der Waals surface area contributed by atoms with E-state index in [1.54, 1.807) is 6.26 Å². The second-order valence-electron chi connectivity index (χ2n) is 1.45. The van der Waals surface area contributed by atoms with Gasteiger partial charge in [-0.15, -0.1) is 0 Å². The molecule has 3 heteroatoms. The van der Waals surface area contributed by atoms with Gasteiger partial charge < -0.3 is 9.90 Å². The maximum Gasteiger partial charge on any atom is 0.0544 e. The van der Waals surface area contributed by atoms with Crippen molar-refractivity contribution < 1.29 is 9.90 Å². The van der Waals surface area contributed by atoms with Gasteiger partial charge in [-0.2, -0.15) is 11.8 Å². The quantitative estimate of drug-likeness (QED) is 0.538. The smallest absolute Gasteiger partial charge is 0.0544 e. The molecule has 0 saturated heterocycles. The highest BCUT2D eigenvalue weighted by atomic mass is 32.2. The first kappa shape index (κ1) is 7.82. The molecule has 0 aromatic carbocycles. The molecule has 0 spiro atoms. The van der Waals surface area contributed by atoms with Crippen molar-refractivity contribution in [3.63, 3.8) is 0 Å². The van der Waals surface area contributed by atoms with Crippen LogP contribution in [0.5, 0.6) is 0 Å². The van der Waals surface area contributed by atoms with Gasteiger partial charge in [0.2, 0.25) is 0 Å². The maximum atomic E-state index is 10.0. The van der Waals surface area contributed by atoms with Crippen molar-refractivity contribution in [2.75, 3.05) is 6.26 Å². The highest BCUT2D eigenvalue weighted by molar-refractivity contribution is 7.99. The molecule has 0 aliphatic rings. The Balaban J connectivity index is 3.52. The van der Waals surface area contributed by atoms with Crippen LogP contribution < -0.4 is 5.11 Å². The van der Waals surface area contributed by atoms with Crippen LogP contribution in [0.3, 0.4) is 0 Å². The molecule has 1 unspecified atom stereocenters. The van der Waals surface area contributed by atoms with Crippen molar-refractivity contribution in [3.8, 4) is 0 Å². The van der Waals surface area contributed by atoms with Crippen LogP contribution in [-0.4, -0.2) is 17.5 Å². The minimum Gasteiger partial charge on any atom is -0.549 e.